The summed E-state index contributed by atoms with van der Waals surface area (Å²) in [6.45, 7) is 3.65. The molecule has 0 aromatic heterocycles. The van der Waals surface area contributed by atoms with Gasteiger partial charge in [0.05, 0.1) is 5.75 Å². The normalized spacial score (nSPS) is 12.4. The van der Waals surface area contributed by atoms with Crippen molar-refractivity contribution in [3.8, 4) is 0 Å². The number of benzene rings is 1. The van der Waals surface area contributed by atoms with Gasteiger partial charge in [0.1, 0.15) is 15.6 Å². The molecule has 0 atom stereocenters. The molecule has 0 spiro atoms. The summed E-state index contributed by atoms with van der Waals surface area (Å²) in [6, 6.07) is 9.42. The van der Waals surface area contributed by atoms with Crippen LogP contribution < -0.4 is 0 Å². The zero-order valence-electron chi connectivity index (χ0n) is 10.4. The Hall–Kier alpha value is -1.16. The zero-order chi connectivity index (χ0) is 13.1. The van der Waals surface area contributed by atoms with E-state index in [9.17, 15) is 13.2 Å². The molecule has 0 bridgehead atoms. The first-order chi connectivity index (χ1) is 7.73. The lowest BCUT2D eigenvalue weighted by Gasteiger charge is -2.23. The maximum Gasteiger partial charge on any atom is 0.147 e. The van der Waals surface area contributed by atoms with E-state index in [1.165, 1.54) is 0 Å². The first kappa shape index (κ1) is 13.9. The molecule has 0 amide bonds. The molecule has 0 heterocycles. The fourth-order valence-electron chi connectivity index (χ4n) is 1.61. The lowest BCUT2D eigenvalue weighted by molar-refractivity contribution is -0.123. The van der Waals surface area contributed by atoms with Crippen LogP contribution >= 0.6 is 0 Å². The molecule has 0 fully saturated rings. The van der Waals surface area contributed by atoms with Gasteiger partial charge < -0.3 is 0 Å². The molecule has 1 aromatic rings. The number of carbonyl (C=O) groups excluding carboxylic acids is 1. The largest absolute Gasteiger partial charge is 0.299 e. The van der Waals surface area contributed by atoms with Gasteiger partial charge in [-0.25, -0.2) is 8.42 Å². The first-order valence-corrected chi connectivity index (χ1v) is 7.56. The maximum atomic E-state index is 12.0. The minimum atomic E-state index is -3.08. The predicted octanol–water partition coefficient (Wildman–Crippen LogP) is 1.97. The molecule has 1 rings (SSSR count). The SMILES string of the molecule is CC(C)(C(=O)CCS(C)(=O)=O)c1ccccc1. The van der Waals surface area contributed by atoms with E-state index in [4.69, 9.17) is 0 Å². The van der Waals surface area contributed by atoms with E-state index in [0.717, 1.165) is 11.8 Å². The summed E-state index contributed by atoms with van der Waals surface area (Å²) < 4.78 is 22.1. The maximum absolute atomic E-state index is 12.0. The van der Waals surface area contributed by atoms with Gasteiger partial charge in [0.25, 0.3) is 0 Å². The van der Waals surface area contributed by atoms with Crippen LogP contribution in [-0.2, 0) is 20.0 Å². The van der Waals surface area contributed by atoms with Crippen LogP contribution in [0.2, 0.25) is 0 Å². The van der Waals surface area contributed by atoms with Crippen molar-refractivity contribution in [2.24, 2.45) is 0 Å². The second-order valence-corrected chi connectivity index (χ2v) is 7.05. The highest BCUT2D eigenvalue weighted by molar-refractivity contribution is 7.90. The molecule has 17 heavy (non-hydrogen) atoms. The molecule has 0 radical (unpaired) electrons. The topological polar surface area (TPSA) is 51.2 Å². The Labute approximate surface area is 103 Å². The molecule has 4 heteroatoms. The fraction of sp³-hybridized carbons (Fsp3) is 0.462. The van der Waals surface area contributed by atoms with Gasteiger partial charge in [0.15, 0.2) is 0 Å². The highest BCUT2D eigenvalue weighted by Gasteiger charge is 2.29. The van der Waals surface area contributed by atoms with Crippen molar-refractivity contribution in [3.05, 3.63) is 35.9 Å². The molecule has 0 saturated heterocycles. The average Bonchev–Trinajstić information content (AvgIpc) is 2.26. The van der Waals surface area contributed by atoms with Crippen molar-refractivity contribution >= 4 is 15.6 Å². The molecule has 0 N–H and O–H groups in total. The third kappa shape index (κ3) is 3.97. The van der Waals surface area contributed by atoms with Crippen molar-refractivity contribution in [2.45, 2.75) is 25.7 Å². The van der Waals surface area contributed by atoms with E-state index in [1.54, 1.807) is 0 Å². The zero-order valence-corrected chi connectivity index (χ0v) is 11.3. The monoisotopic (exact) mass is 254 g/mol. The standard InChI is InChI=1S/C13H18O3S/c1-13(2,11-7-5-4-6-8-11)12(14)9-10-17(3,15)16/h4-8H,9-10H2,1-3H3. The van der Waals surface area contributed by atoms with Crippen LogP contribution in [0.3, 0.4) is 0 Å². The Kier molecular flexibility index (Phi) is 4.09. The number of hydrogen-bond donors (Lipinski definition) is 0. The van der Waals surface area contributed by atoms with Crippen LogP contribution in [0.4, 0.5) is 0 Å². The van der Waals surface area contributed by atoms with Crippen LogP contribution in [0, 0.1) is 0 Å². The van der Waals surface area contributed by atoms with Gasteiger partial charge in [0, 0.05) is 18.1 Å². The molecule has 0 unspecified atom stereocenters. The average molecular weight is 254 g/mol. The summed E-state index contributed by atoms with van der Waals surface area (Å²) in [5.74, 6) is -0.128. The number of hydrogen-bond acceptors (Lipinski definition) is 3. The van der Waals surface area contributed by atoms with Gasteiger partial charge in [0.2, 0.25) is 0 Å². The molecule has 3 nitrogen and oxygen atoms in total. The summed E-state index contributed by atoms with van der Waals surface area (Å²) in [5, 5.41) is 0. The van der Waals surface area contributed by atoms with Gasteiger partial charge >= 0.3 is 0 Å². The molecule has 0 aliphatic heterocycles. The third-order valence-electron chi connectivity index (χ3n) is 2.89. The summed E-state index contributed by atoms with van der Waals surface area (Å²) >= 11 is 0. The summed E-state index contributed by atoms with van der Waals surface area (Å²) in [7, 11) is -3.08. The van der Waals surface area contributed by atoms with Crippen LogP contribution in [0.1, 0.15) is 25.8 Å². The third-order valence-corrected chi connectivity index (χ3v) is 3.84. The Morgan fingerprint density at radius 1 is 1.18 bits per heavy atom. The van der Waals surface area contributed by atoms with E-state index in [2.05, 4.69) is 0 Å². The molecular weight excluding hydrogens is 236 g/mol. The first-order valence-electron chi connectivity index (χ1n) is 5.50. The van der Waals surface area contributed by atoms with Crippen molar-refractivity contribution in [2.75, 3.05) is 12.0 Å². The highest BCUT2D eigenvalue weighted by Crippen LogP contribution is 2.25. The van der Waals surface area contributed by atoms with Gasteiger partial charge in [-0.2, -0.15) is 0 Å². The van der Waals surface area contributed by atoms with Gasteiger partial charge in [-0.05, 0) is 19.4 Å². The van der Waals surface area contributed by atoms with Crippen molar-refractivity contribution in [3.63, 3.8) is 0 Å². The summed E-state index contributed by atoms with van der Waals surface area (Å²) in [6.07, 6.45) is 1.22. The Bertz CT molecular complexity index is 487. The number of ketones is 1. The van der Waals surface area contributed by atoms with Gasteiger partial charge in [-0.3, -0.25) is 4.79 Å². The second kappa shape index (κ2) is 5.00. The summed E-state index contributed by atoms with van der Waals surface area (Å²) in [5.41, 5.74) is 0.282. The van der Waals surface area contributed by atoms with Crippen LogP contribution in [-0.4, -0.2) is 26.2 Å². The quantitative estimate of drug-likeness (QED) is 0.807. The second-order valence-electron chi connectivity index (χ2n) is 4.79. The fourth-order valence-corrected chi connectivity index (χ4v) is 2.16. The van der Waals surface area contributed by atoms with E-state index >= 15 is 0 Å². The molecule has 0 aliphatic rings. The van der Waals surface area contributed by atoms with Crippen LogP contribution in [0.25, 0.3) is 0 Å². The van der Waals surface area contributed by atoms with E-state index in [-0.39, 0.29) is 18.0 Å². The van der Waals surface area contributed by atoms with Crippen LogP contribution in [0.15, 0.2) is 30.3 Å². The minimum absolute atomic E-state index is 0.0471. The molecule has 0 aliphatic carbocycles. The predicted molar refractivity (Wildman–Crippen MR) is 68.8 cm³/mol. The van der Waals surface area contributed by atoms with E-state index in [0.29, 0.717) is 0 Å². The van der Waals surface area contributed by atoms with Gasteiger partial charge in [-0.1, -0.05) is 30.3 Å². The van der Waals surface area contributed by atoms with E-state index < -0.39 is 15.3 Å². The number of rotatable bonds is 5. The van der Waals surface area contributed by atoms with Crippen molar-refractivity contribution in [1.82, 2.24) is 0 Å². The molecule has 0 saturated carbocycles. The Morgan fingerprint density at radius 3 is 2.18 bits per heavy atom. The summed E-state index contributed by atoms with van der Waals surface area (Å²) in [4.78, 5) is 12.0. The van der Waals surface area contributed by atoms with Crippen molar-refractivity contribution in [1.29, 1.82) is 0 Å². The number of carbonyl (C=O) groups is 1. The lowest BCUT2D eigenvalue weighted by Crippen LogP contribution is -2.30. The molecular formula is C13H18O3S. The van der Waals surface area contributed by atoms with E-state index in [1.807, 2.05) is 44.2 Å². The molecule has 1 aromatic carbocycles. The van der Waals surface area contributed by atoms with Gasteiger partial charge in [-0.15, -0.1) is 0 Å². The number of Topliss-reactive ketones (excluding diaryl/α,β-unsaturated/α-hetero) is 1. The molecule has 94 valence electrons. The highest BCUT2D eigenvalue weighted by atomic mass is 32.2. The smallest absolute Gasteiger partial charge is 0.147 e. The minimum Gasteiger partial charge on any atom is -0.299 e. The number of sulfone groups is 1. The lowest BCUT2D eigenvalue weighted by atomic mass is 9.80. The van der Waals surface area contributed by atoms with Crippen molar-refractivity contribution < 1.29 is 13.2 Å². The van der Waals surface area contributed by atoms with Crippen LogP contribution in [0.5, 0.6) is 0 Å². The Morgan fingerprint density at radius 2 is 1.71 bits per heavy atom. The Balaban J connectivity index is 2.81.